The van der Waals surface area contributed by atoms with Crippen molar-refractivity contribution in [2.75, 3.05) is 11.5 Å². The van der Waals surface area contributed by atoms with Crippen molar-refractivity contribution in [1.82, 2.24) is 0 Å². The zero-order valence-electron chi connectivity index (χ0n) is 29.3. The zero-order valence-corrected chi connectivity index (χ0v) is 35.9. The predicted molar refractivity (Wildman–Crippen MR) is 225 cm³/mol. The summed E-state index contributed by atoms with van der Waals surface area (Å²) in [7, 11) is 0. The third-order valence-corrected chi connectivity index (χ3v) is 33.0. The molecule has 0 radical (unpaired) electrons. The van der Waals surface area contributed by atoms with Gasteiger partial charge in [0.2, 0.25) is 0 Å². The highest BCUT2D eigenvalue weighted by Crippen LogP contribution is 2.70. The lowest BCUT2D eigenvalue weighted by Gasteiger charge is -2.25. The summed E-state index contributed by atoms with van der Waals surface area (Å²) in [6, 6.07) is 0. The maximum Gasteiger partial charge on any atom is 0.0203 e. The van der Waals surface area contributed by atoms with Crippen LogP contribution in [0.2, 0.25) is 0 Å². The van der Waals surface area contributed by atoms with E-state index in [1.807, 2.05) is 0 Å². The Hall–Kier alpha value is 2.80. The maximum absolute atomic E-state index is 2.73. The fourth-order valence-corrected chi connectivity index (χ4v) is 33.2. The molecule has 0 amide bonds. The fourth-order valence-electron chi connectivity index (χ4n) is 15.3. The second-order valence-electron chi connectivity index (χ2n) is 19.2. The van der Waals surface area contributed by atoms with E-state index in [1.54, 1.807) is 38.5 Å². The second kappa shape index (κ2) is 12.1. The molecule has 48 heavy (non-hydrogen) atoms. The summed E-state index contributed by atoms with van der Waals surface area (Å²) >= 11 is 20.0. The molecule has 12 fully saturated rings. The fraction of sp³-hybridized carbons (Fsp3) is 1.00. The van der Waals surface area contributed by atoms with Gasteiger partial charge >= 0.3 is 0 Å². The molecule has 0 nitrogen and oxygen atoms in total. The Morgan fingerprint density at radius 3 is 0.792 bits per heavy atom. The molecular formula is C40H58S8. The van der Waals surface area contributed by atoms with Gasteiger partial charge in [0.25, 0.3) is 0 Å². The van der Waals surface area contributed by atoms with E-state index in [4.69, 9.17) is 0 Å². The van der Waals surface area contributed by atoms with Crippen LogP contribution in [0, 0.1) is 71.0 Å². The SMILES string of the molecule is CC1C2CCSC2C2SC(C3CC4C(C)C5CC(C6CC7C(C)C8CC(C9CC%10C(C)C%11CCSC%11C%10S9)SC8C7S6)SC5C4S3)CC12. The van der Waals surface area contributed by atoms with Crippen molar-refractivity contribution < 1.29 is 0 Å². The number of fused-ring (bicyclic) bond motifs is 12. The van der Waals surface area contributed by atoms with Crippen molar-refractivity contribution in [3.05, 3.63) is 0 Å². The van der Waals surface area contributed by atoms with E-state index >= 15 is 0 Å². The summed E-state index contributed by atoms with van der Waals surface area (Å²) in [6.45, 7) is 10.8. The molecule has 0 N–H and O–H groups in total. The van der Waals surface area contributed by atoms with Crippen LogP contribution in [0.5, 0.6) is 0 Å². The van der Waals surface area contributed by atoms with E-state index in [-0.39, 0.29) is 0 Å². The van der Waals surface area contributed by atoms with Gasteiger partial charge in [0.05, 0.1) is 0 Å². The molecule has 0 aromatic carbocycles. The maximum atomic E-state index is 2.73. The Morgan fingerprint density at radius 1 is 0.292 bits per heavy atom. The minimum atomic E-state index is 0.965. The highest BCUT2D eigenvalue weighted by Gasteiger charge is 2.65. The number of hydrogen-bond acceptors (Lipinski definition) is 8. The van der Waals surface area contributed by atoms with Crippen molar-refractivity contribution in [2.45, 2.75) is 153 Å². The van der Waals surface area contributed by atoms with Crippen molar-refractivity contribution in [1.29, 1.82) is 0 Å². The summed E-state index contributed by atoms with van der Waals surface area (Å²) in [5.74, 6) is 15.2. The van der Waals surface area contributed by atoms with Crippen LogP contribution in [-0.4, -0.2) is 85.0 Å². The quantitative estimate of drug-likeness (QED) is 0.274. The molecule has 0 aromatic heterocycles. The standard InChI is InChI=1S/C40H58S8/c1-15-19-5-7-41-33(19)35-21(15)9-27(43-35)29-11-23-17(3)25-13-31(47-39(25)37(23)45-29)32-14-26-18(4)24-12-30(46-38(24)40(26)48-32)28-10-22-16(2)20-6-8-42-34(20)36(22)44-28/h15-40H,5-14H2,1-4H3. The largest absolute Gasteiger partial charge is 0.157 e. The Morgan fingerprint density at radius 2 is 0.521 bits per heavy atom. The summed E-state index contributed by atoms with van der Waals surface area (Å²) in [5.41, 5.74) is 0. The number of thioether (sulfide) groups is 8. The lowest BCUT2D eigenvalue weighted by Crippen LogP contribution is -2.24. The van der Waals surface area contributed by atoms with Crippen LogP contribution in [-0.2, 0) is 0 Å². The molecule has 12 rings (SSSR count). The summed E-state index contributed by atoms with van der Waals surface area (Å²) < 4.78 is 0. The Labute approximate surface area is 326 Å². The van der Waals surface area contributed by atoms with Gasteiger partial charge in [-0.15, -0.1) is 0 Å². The summed E-state index contributed by atoms with van der Waals surface area (Å²) in [6.07, 6.45) is 12.5. The Bertz CT molecular complexity index is 1200. The summed E-state index contributed by atoms with van der Waals surface area (Å²) in [5, 5.41) is 13.8. The average molecular weight is 795 g/mol. The van der Waals surface area contributed by atoms with Gasteiger partial charge in [0, 0.05) is 73.5 Å². The third kappa shape index (κ3) is 4.65. The Balaban J connectivity index is 0.685. The minimum Gasteiger partial charge on any atom is -0.157 e. The molecule has 0 bridgehead atoms. The smallest absolute Gasteiger partial charge is 0.0203 e. The molecule has 12 aliphatic rings. The monoisotopic (exact) mass is 794 g/mol. The summed E-state index contributed by atoms with van der Waals surface area (Å²) in [4.78, 5) is 0. The van der Waals surface area contributed by atoms with E-state index < -0.39 is 0 Å². The van der Waals surface area contributed by atoms with Gasteiger partial charge in [-0.05, 0) is 134 Å². The molecule has 266 valence electrons. The van der Waals surface area contributed by atoms with Gasteiger partial charge in [-0.2, -0.15) is 94.1 Å². The zero-order chi connectivity index (χ0) is 31.7. The molecular weight excluding hydrogens is 737 g/mol. The first-order valence-corrected chi connectivity index (χ1v) is 28.3. The topological polar surface area (TPSA) is 0 Å². The predicted octanol–water partition coefficient (Wildman–Crippen LogP) is 10.8. The first-order chi connectivity index (χ1) is 23.4. The van der Waals surface area contributed by atoms with Crippen molar-refractivity contribution in [3.8, 4) is 0 Å². The minimum absolute atomic E-state index is 0.965. The molecule has 4 saturated carbocycles. The van der Waals surface area contributed by atoms with Crippen molar-refractivity contribution >= 4 is 94.1 Å². The highest BCUT2D eigenvalue weighted by molar-refractivity contribution is 8.09. The van der Waals surface area contributed by atoms with Crippen LogP contribution < -0.4 is 0 Å². The Kier molecular flexibility index (Phi) is 8.35. The average Bonchev–Trinajstić information content (AvgIpc) is 3.93. The van der Waals surface area contributed by atoms with Crippen LogP contribution in [0.4, 0.5) is 0 Å². The lowest BCUT2D eigenvalue weighted by atomic mass is 9.82. The molecule has 8 saturated heterocycles. The van der Waals surface area contributed by atoms with E-state index in [2.05, 4.69) is 122 Å². The molecule has 4 aliphatic carbocycles. The molecule has 0 aromatic rings. The van der Waals surface area contributed by atoms with Gasteiger partial charge in [0.1, 0.15) is 0 Å². The molecule has 8 heteroatoms. The first kappa shape index (κ1) is 33.0. The van der Waals surface area contributed by atoms with Gasteiger partial charge in [-0.25, -0.2) is 0 Å². The molecule has 26 unspecified atom stereocenters. The highest BCUT2D eigenvalue weighted by atomic mass is 32.2. The van der Waals surface area contributed by atoms with Crippen LogP contribution in [0.15, 0.2) is 0 Å². The van der Waals surface area contributed by atoms with E-state index in [9.17, 15) is 0 Å². The molecule has 0 spiro atoms. The molecule has 8 aliphatic heterocycles. The van der Waals surface area contributed by atoms with Crippen molar-refractivity contribution in [2.24, 2.45) is 71.0 Å². The normalized spacial score (nSPS) is 67.8. The van der Waals surface area contributed by atoms with Crippen LogP contribution in [0.3, 0.4) is 0 Å². The lowest BCUT2D eigenvalue weighted by molar-refractivity contribution is 0.300. The number of hydrogen-bond donors (Lipinski definition) is 0. The first-order valence-electron chi connectivity index (χ1n) is 20.6. The number of rotatable bonds is 3. The van der Waals surface area contributed by atoms with Gasteiger partial charge < -0.3 is 0 Å². The van der Waals surface area contributed by atoms with E-state index in [0.29, 0.717) is 0 Å². The molecule has 26 atom stereocenters. The molecule has 8 heterocycles. The van der Waals surface area contributed by atoms with Crippen LogP contribution >= 0.6 is 94.1 Å². The second-order valence-corrected chi connectivity index (χ2v) is 30.3. The van der Waals surface area contributed by atoms with Crippen LogP contribution in [0.1, 0.15) is 79.1 Å². The van der Waals surface area contributed by atoms with Crippen LogP contribution in [0.25, 0.3) is 0 Å². The van der Waals surface area contributed by atoms with Gasteiger partial charge in [0.15, 0.2) is 0 Å². The third-order valence-electron chi connectivity index (χ3n) is 17.9. The van der Waals surface area contributed by atoms with E-state index in [0.717, 1.165) is 145 Å². The van der Waals surface area contributed by atoms with E-state index in [1.165, 1.54) is 24.3 Å². The van der Waals surface area contributed by atoms with Crippen molar-refractivity contribution in [3.63, 3.8) is 0 Å². The van der Waals surface area contributed by atoms with Gasteiger partial charge in [-0.3, -0.25) is 0 Å². The van der Waals surface area contributed by atoms with Gasteiger partial charge in [-0.1, -0.05) is 27.7 Å².